The number of likely N-dealkylation sites (N-methyl/N-ethyl adjacent to an activating group) is 1. The van der Waals surface area contributed by atoms with Crippen LogP contribution >= 0.6 is 0 Å². The van der Waals surface area contributed by atoms with Gasteiger partial charge in [0, 0.05) is 51.2 Å². The summed E-state index contributed by atoms with van der Waals surface area (Å²) in [5, 5.41) is 0. The number of piperidine rings is 1. The maximum absolute atomic E-state index is 12.8. The highest BCUT2D eigenvalue weighted by molar-refractivity contribution is 5.79. The standard InChI is InChI=1S/C18H33N3O/c1-19-12-14-20(15-13-19)11-9-17-8-4-5-10-21(17)18(22)16-6-2-3-7-16/h16-17H,2-15H2,1H3. The molecule has 2 heterocycles. The van der Waals surface area contributed by atoms with Crippen LogP contribution in [0.3, 0.4) is 0 Å². The number of amides is 1. The minimum absolute atomic E-state index is 0.351. The monoisotopic (exact) mass is 307 g/mol. The zero-order valence-electron chi connectivity index (χ0n) is 14.3. The zero-order valence-corrected chi connectivity index (χ0v) is 14.3. The predicted molar refractivity (Wildman–Crippen MR) is 89.9 cm³/mol. The lowest BCUT2D eigenvalue weighted by Gasteiger charge is -2.39. The summed E-state index contributed by atoms with van der Waals surface area (Å²) in [6.45, 7) is 6.96. The molecule has 0 radical (unpaired) electrons. The minimum atomic E-state index is 0.351. The van der Waals surface area contributed by atoms with Gasteiger partial charge in [-0.1, -0.05) is 12.8 Å². The first kappa shape index (κ1) is 16.3. The Bertz CT molecular complexity index is 359. The van der Waals surface area contributed by atoms with Crippen LogP contribution in [0.15, 0.2) is 0 Å². The Kier molecular flexibility index (Phi) is 5.75. The fourth-order valence-corrected chi connectivity index (χ4v) is 4.40. The Morgan fingerprint density at radius 3 is 2.32 bits per heavy atom. The van der Waals surface area contributed by atoms with Gasteiger partial charge < -0.3 is 14.7 Å². The lowest BCUT2D eigenvalue weighted by Crippen LogP contribution is -2.49. The molecule has 1 aliphatic carbocycles. The molecule has 3 rings (SSSR count). The maximum Gasteiger partial charge on any atom is 0.225 e. The maximum atomic E-state index is 12.8. The molecule has 2 saturated heterocycles. The van der Waals surface area contributed by atoms with Crippen LogP contribution in [-0.2, 0) is 4.79 Å². The summed E-state index contributed by atoms with van der Waals surface area (Å²) in [5.74, 6) is 0.838. The van der Waals surface area contributed by atoms with E-state index in [4.69, 9.17) is 0 Å². The quantitative estimate of drug-likeness (QED) is 0.796. The van der Waals surface area contributed by atoms with E-state index in [0.717, 1.165) is 19.4 Å². The summed E-state index contributed by atoms with van der Waals surface area (Å²) < 4.78 is 0. The SMILES string of the molecule is CN1CCN(CCC2CCCCN2C(=O)C2CCCC2)CC1. The van der Waals surface area contributed by atoms with Crippen molar-refractivity contribution in [3.05, 3.63) is 0 Å². The molecule has 22 heavy (non-hydrogen) atoms. The number of carbonyl (C=O) groups is 1. The number of likely N-dealkylation sites (tertiary alicyclic amines) is 1. The summed E-state index contributed by atoms with van der Waals surface area (Å²) in [7, 11) is 2.21. The fraction of sp³-hybridized carbons (Fsp3) is 0.944. The molecule has 1 amide bonds. The van der Waals surface area contributed by atoms with Crippen LogP contribution in [-0.4, -0.2) is 73.0 Å². The van der Waals surface area contributed by atoms with Crippen LogP contribution in [0.1, 0.15) is 51.4 Å². The average Bonchev–Trinajstić information content (AvgIpc) is 3.08. The Labute approximate surface area is 135 Å². The lowest BCUT2D eigenvalue weighted by molar-refractivity contribution is -0.139. The molecular weight excluding hydrogens is 274 g/mol. The smallest absolute Gasteiger partial charge is 0.225 e. The molecule has 2 aliphatic heterocycles. The first-order valence-corrected chi connectivity index (χ1v) is 9.45. The molecule has 1 atom stereocenters. The van der Waals surface area contributed by atoms with E-state index in [1.54, 1.807) is 0 Å². The second kappa shape index (κ2) is 7.78. The van der Waals surface area contributed by atoms with Crippen molar-refractivity contribution >= 4 is 5.91 Å². The van der Waals surface area contributed by atoms with E-state index in [-0.39, 0.29) is 0 Å². The van der Waals surface area contributed by atoms with E-state index >= 15 is 0 Å². The van der Waals surface area contributed by atoms with E-state index in [1.165, 1.54) is 71.2 Å². The van der Waals surface area contributed by atoms with Gasteiger partial charge in [0.2, 0.25) is 5.91 Å². The van der Waals surface area contributed by atoms with Gasteiger partial charge in [-0.3, -0.25) is 4.79 Å². The molecule has 1 saturated carbocycles. The highest BCUT2D eigenvalue weighted by atomic mass is 16.2. The van der Waals surface area contributed by atoms with Gasteiger partial charge in [-0.2, -0.15) is 0 Å². The van der Waals surface area contributed by atoms with Crippen molar-refractivity contribution < 1.29 is 4.79 Å². The Hall–Kier alpha value is -0.610. The van der Waals surface area contributed by atoms with Crippen molar-refractivity contribution in [2.24, 2.45) is 5.92 Å². The number of piperazine rings is 1. The molecule has 3 aliphatic rings. The molecule has 0 aromatic heterocycles. The second-order valence-electron chi connectivity index (χ2n) is 7.60. The van der Waals surface area contributed by atoms with E-state index in [0.29, 0.717) is 17.9 Å². The van der Waals surface area contributed by atoms with Crippen LogP contribution < -0.4 is 0 Å². The van der Waals surface area contributed by atoms with Crippen LogP contribution in [0.4, 0.5) is 0 Å². The van der Waals surface area contributed by atoms with Crippen molar-refractivity contribution in [3.8, 4) is 0 Å². The molecule has 4 heteroatoms. The Balaban J connectivity index is 1.50. The molecule has 4 nitrogen and oxygen atoms in total. The summed E-state index contributed by atoms with van der Waals surface area (Å²) in [5.41, 5.74) is 0. The van der Waals surface area contributed by atoms with Gasteiger partial charge in [-0.25, -0.2) is 0 Å². The number of carbonyl (C=O) groups excluding carboxylic acids is 1. The second-order valence-corrected chi connectivity index (χ2v) is 7.60. The number of hydrogen-bond acceptors (Lipinski definition) is 3. The first-order chi connectivity index (χ1) is 10.7. The van der Waals surface area contributed by atoms with Crippen molar-refractivity contribution in [3.63, 3.8) is 0 Å². The first-order valence-electron chi connectivity index (χ1n) is 9.45. The van der Waals surface area contributed by atoms with E-state index in [9.17, 15) is 4.79 Å². The van der Waals surface area contributed by atoms with E-state index < -0.39 is 0 Å². The normalized spacial score (nSPS) is 29.1. The number of nitrogens with zero attached hydrogens (tertiary/aromatic N) is 3. The van der Waals surface area contributed by atoms with Crippen LogP contribution in [0.5, 0.6) is 0 Å². The third-order valence-corrected chi connectivity index (χ3v) is 5.99. The molecule has 0 spiro atoms. The van der Waals surface area contributed by atoms with Gasteiger partial charge in [-0.05, 0) is 45.6 Å². The Morgan fingerprint density at radius 2 is 1.59 bits per heavy atom. The lowest BCUT2D eigenvalue weighted by atomic mass is 9.96. The summed E-state index contributed by atoms with van der Waals surface area (Å²) in [6.07, 6.45) is 9.73. The molecule has 126 valence electrons. The van der Waals surface area contributed by atoms with Gasteiger partial charge in [-0.15, -0.1) is 0 Å². The topological polar surface area (TPSA) is 26.8 Å². The Morgan fingerprint density at radius 1 is 0.909 bits per heavy atom. The van der Waals surface area contributed by atoms with Gasteiger partial charge in [0.25, 0.3) is 0 Å². The average molecular weight is 307 g/mol. The molecule has 0 aromatic rings. The number of rotatable bonds is 4. The van der Waals surface area contributed by atoms with Gasteiger partial charge in [0.05, 0.1) is 0 Å². The van der Waals surface area contributed by atoms with E-state index in [1.807, 2.05) is 0 Å². The van der Waals surface area contributed by atoms with Crippen LogP contribution in [0, 0.1) is 5.92 Å². The van der Waals surface area contributed by atoms with Crippen LogP contribution in [0.2, 0.25) is 0 Å². The van der Waals surface area contributed by atoms with E-state index in [2.05, 4.69) is 21.7 Å². The van der Waals surface area contributed by atoms with Crippen molar-refractivity contribution in [1.82, 2.24) is 14.7 Å². The van der Waals surface area contributed by atoms with Crippen LogP contribution in [0.25, 0.3) is 0 Å². The minimum Gasteiger partial charge on any atom is -0.339 e. The third-order valence-electron chi connectivity index (χ3n) is 5.99. The summed E-state index contributed by atoms with van der Waals surface area (Å²) in [6, 6.07) is 0.515. The molecule has 0 N–H and O–H groups in total. The zero-order chi connectivity index (χ0) is 15.4. The highest BCUT2D eigenvalue weighted by Crippen LogP contribution is 2.30. The van der Waals surface area contributed by atoms with Crippen molar-refractivity contribution in [2.45, 2.75) is 57.4 Å². The third kappa shape index (κ3) is 4.02. The molecule has 1 unspecified atom stereocenters. The highest BCUT2D eigenvalue weighted by Gasteiger charge is 2.32. The largest absolute Gasteiger partial charge is 0.339 e. The van der Waals surface area contributed by atoms with Gasteiger partial charge >= 0.3 is 0 Å². The summed E-state index contributed by atoms with van der Waals surface area (Å²) >= 11 is 0. The molecule has 3 fully saturated rings. The molecular formula is C18H33N3O. The fourth-order valence-electron chi connectivity index (χ4n) is 4.40. The molecule has 0 bridgehead atoms. The van der Waals surface area contributed by atoms with Crippen molar-refractivity contribution in [1.29, 1.82) is 0 Å². The summed E-state index contributed by atoms with van der Waals surface area (Å²) in [4.78, 5) is 20.1. The number of hydrogen-bond donors (Lipinski definition) is 0. The predicted octanol–water partition coefficient (Wildman–Crippen LogP) is 2.20. The van der Waals surface area contributed by atoms with Crippen molar-refractivity contribution in [2.75, 3.05) is 46.3 Å². The van der Waals surface area contributed by atoms with Gasteiger partial charge in [0.1, 0.15) is 0 Å². The van der Waals surface area contributed by atoms with Gasteiger partial charge in [0.15, 0.2) is 0 Å². The molecule has 0 aromatic carbocycles.